The van der Waals surface area contributed by atoms with Gasteiger partial charge in [-0.2, -0.15) is 0 Å². The number of ether oxygens (including phenoxy) is 3. The van der Waals surface area contributed by atoms with Crippen LogP contribution in [0.4, 0.5) is 0 Å². The van der Waals surface area contributed by atoms with Gasteiger partial charge in [0.15, 0.2) is 0 Å². The first-order chi connectivity index (χ1) is 11.7. The molecule has 1 aromatic carbocycles. The predicted molar refractivity (Wildman–Crippen MR) is 95.8 cm³/mol. The van der Waals surface area contributed by atoms with Crippen molar-refractivity contribution in [2.24, 2.45) is 0 Å². The largest absolute Gasteiger partial charge is 0.497 e. The molecule has 3 rings (SSSR count). The molecular formula is C20H31NO3. The van der Waals surface area contributed by atoms with Crippen molar-refractivity contribution < 1.29 is 14.2 Å². The average Bonchev–Trinajstić information content (AvgIpc) is 2.64. The summed E-state index contributed by atoms with van der Waals surface area (Å²) in [5.74, 6) is 1.47. The zero-order valence-corrected chi connectivity index (χ0v) is 15.1. The highest BCUT2D eigenvalue weighted by Crippen LogP contribution is 2.24. The van der Waals surface area contributed by atoms with Crippen molar-refractivity contribution >= 4 is 0 Å². The highest BCUT2D eigenvalue weighted by Gasteiger charge is 2.25. The van der Waals surface area contributed by atoms with Crippen molar-refractivity contribution in [1.82, 2.24) is 4.90 Å². The number of piperidine rings is 1. The van der Waals surface area contributed by atoms with E-state index in [2.05, 4.69) is 36.1 Å². The van der Waals surface area contributed by atoms with E-state index in [0.29, 0.717) is 18.1 Å². The van der Waals surface area contributed by atoms with Gasteiger partial charge in [0.05, 0.1) is 19.3 Å². The van der Waals surface area contributed by atoms with Gasteiger partial charge in [-0.1, -0.05) is 19.1 Å². The lowest BCUT2D eigenvalue weighted by Gasteiger charge is -2.36. The lowest BCUT2D eigenvalue weighted by Crippen LogP contribution is -2.40. The Morgan fingerprint density at radius 1 is 1.04 bits per heavy atom. The van der Waals surface area contributed by atoms with Crippen molar-refractivity contribution in [3.63, 3.8) is 0 Å². The van der Waals surface area contributed by atoms with E-state index in [0.717, 1.165) is 64.3 Å². The number of methoxy groups -OCH3 is 1. The molecule has 1 atom stereocenters. The predicted octanol–water partition coefficient (Wildman–Crippen LogP) is 3.46. The third kappa shape index (κ3) is 4.95. The van der Waals surface area contributed by atoms with Crippen molar-refractivity contribution in [3.8, 4) is 5.75 Å². The molecule has 2 heterocycles. The smallest absolute Gasteiger partial charge is 0.118 e. The van der Waals surface area contributed by atoms with Gasteiger partial charge in [-0.05, 0) is 49.3 Å². The Balaban J connectivity index is 1.41. The summed E-state index contributed by atoms with van der Waals surface area (Å²) in [7, 11) is 1.71. The van der Waals surface area contributed by atoms with E-state index < -0.39 is 0 Å². The van der Waals surface area contributed by atoms with Gasteiger partial charge in [0.2, 0.25) is 0 Å². The number of rotatable bonds is 6. The molecule has 0 saturated carbocycles. The van der Waals surface area contributed by atoms with Crippen LogP contribution in [-0.2, 0) is 9.47 Å². The van der Waals surface area contributed by atoms with Gasteiger partial charge in [0, 0.05) is 32.8 Å². The average molecular weight is 333 g/mol. The fourth-order valence-electron chi connectivity index (χ4n) is 3.74. The van der Waals surface area contributed by atoms with E-state index >= 15 is 0 Å². The molecule has 0 unspecified atom stereocenters. The standard InChI is InChI=1S/C20H31NO3/c1-16(17-3-5-18(22-2)6-4-17)15-21-11-7-19(8-12-21)24-20-9-13-23-14-10-20/h3-6,16,19-20H,7-15H2,1-2H3/t16-/m1/s1. The molecule has 134 valence electrons. The summed E-state index contributed by atoms with van der Waals surface area (Å²) in [6.07, 6.45) is 5.32. The molecule has 0 spiro atoms. The van der Waals surface area contributed by atoms with Crippen LogP contribution >= 0.6 is 0 Å². The second kappa shape index (κ2) is 8.84. The molecule has 0 aliphatic carbocycles. The number of benzene rings is 1. The fraction of sp³-hybridized carbons (Fsp3) is 0.700. The van der Waals surface area contributed by atoms with Crippen LogP contribution < -0.4 is 4.74 Å². The Bertz CT molecular complexity index is 476. The minimum atomic E-state index is 0.425. The van der Waals surface area contributed by atoms with Gasteiger partial charge in [0.1, 0.15) is 5.75 Å². The molecule has 2 aliphatic rings. The Hall–Kier alpha value is -1.10. The molecular weight excluding hydrogens is 302 g/mol. The van der Waals surface area contributed by atoms with Crippen LogP contribution in [0.25, 0.3) is 0 Å². The SMILES string of the molecule is COc1ccc([C@H](C)CN2CCC(OC3CCOCC3)CC2)cc1. The van der Waals surface area contributed by atoms with Crippen LogP contribution in [0.1, 0.15) is 44.1 Å². The van der Waals surface area contributed by atoms with E-state index in [1.54, 1.807) is 7.11 Å². The first-order valence-corrected chi connectivity index (χ1v) is 9.34. The molecule has 1 aromatic rings. The molecule has 0 radical (unpaired) electrons. The van der Waals surface area contributed by atoms with E-state index in [4.69, 9.17) is 14.2 Å². The van der Waals surface area contributed by atoms with Gasteiger partial charge in [-0.15, -0.1) is 0 Å². The van der Waals surface area contributed by atoms with Crippen molar-refractivity contribution in [1.29, 1.82) is 0 Å². The Morgan fingerprint density at radius 3 is 2.29 bits per heavy atom. The zero-order valence-electron chi connectivity index (χ0n) is 15.1. The van der Waals surface area contributed by atoms with E-state index in [1.807, 2.05) is 0 Å². The van der Waals surface area contributed by atoms with E-state index in [1.165, 1.54) is 5.56 Å². The summed E-state index contributed by atoms with van der Waals surface area (Å²) in [5, 5.41) is 0. The minimum absolute atomic E-state index is 0.425. The lowest BCUT2D eigenvalue weighted by molar-refractivity contribution is -0.0848. The van der Waals surface area contributed by atoms with Crippen LogP contribution in [0, 0.1) is 0 Å². The first kappa shape index (κ1) is 17.7. The highest BCUT2D eigenvalue weighted by molar-refractivity contribution is 5.29. The maximum absolute atomic E-state index is 6.28. The number of hydrogen-bond donors (Lipinski definition) is 0. The number of nitrogens with zero attached hydrogens (tertiary/aromatic N) is 1. The summed E-state index contributed by atoms with van der Waals surface area (Å²) in [6, 6.07) is 8.48. The molecule has 24 heavy (non-hydrogen) atoms. The molecule has 4 heteroatoms. The normalized spacial score (nSPS) is 22.4. The highest BCUT2D eigenvalue weighted by atomic mass is 16.5. The van der Waals surface area contributed by atoms with Crippen LogP contribution in [0.2, 0.25) is 0 Å². The zero-order chi connectivity index (χ0) is 16.8. The minimum Gasteiger partial charge on any atom is -0.497 e. The summed E-state index contributed by atoms with van der Waals surface area (Å²) in [5.41, 5.74) is 1.39. The Morgan fingerprint density at radius 2 is 1.67 bits per heavy atom. The summed E-state index contributed by atoms with van der Waals surface area (Å²) in [6.45, 7) is 7.46. The van der Waals surface area contributed by atoms with Crippen molar-refractivity contribution in [2.75, 3.05) is 40.0 Å². The molecule has 2 saturated heterocycles. The summed E-state index contributed by atoms with van der Waals surface area (Å²) < 4.78 is 16.9. The van der Waals surface area contributed by atoms with E-state index in [-0.39, 0.29) is 0 Å². The van der Waals surface area contributed by atoms with Gasteiger partial charge < -0.3 is 19.1 Å². The Kier molecular flexibility index (Phi) is 6.52. The third-order valence-corrected chi connectivity index (χ3v) is 5.30. The maximum atomic E-state index is 6.28. The fourth-order valence-corrected chi connectivity index (χ4v) is 3.74. The van der Waals surface area contributed by atoms with Crippen LogP contribution in [0.5, 0.6) is 5.75 Å². The van der Waals surface area contributed by atoms with Crippen LogP contribution in [0.15, 0.2) is 24.3 Å². The van der Waals surface area contributed by atoms with Gasteiger partial charge in [-0.25, -0.2) is 0 Å². The van der Waals surface area contributed by atoms with Gasteiger partial charge in [0.25, 0.3) is 0 Å². The van der Waals surface area contributed by atoms with E-state index in [9.17, 15) is 0 Å². The number of hydrogen-bond acceptors (Lipinski definition) is 4. The molecule has 4 nitrogen and oxygen atoms in total. The summed E-state index contributed by atoms with van der Waals surface area (Å²) >= 11 is 0. The molecule has 0 amide bonds. The molecule has 2 aliphatic heterocycles. The monoisotopic (exact) mass is 333 g/mol. The number of likely N-dealkylation sites (tertiary alicyclic amines) is 1. The first-order valence-electron chi connectivity index (χ1n) is 9.34. The maximum Gasteiger partial charge on any atom is 0.118 e. The van der Waals surface area contributed by atoms with Gasteiger partial charge in [-0.3, -0.25) is 0 Å². The molecule has 0 bridgehead atoms. The van der Waals surface area contributed by atoms with Crippen molar-refractivity contribution in [3.05, 3.63) is 29.8 Å². The summed E-state index contributed by atoms with van der Waals surface area (Å²) in [4.78, 5) is 2.58. The third-order valence-electron chi connectivity index (χ3n) is 5.30. The second-order valence-corrected chi connectivity index (χ2v) is 7.12. The van der Waals surface area contributed by atoms with Crippen LogP contribution in [0.3, 0.4) is 0 Å². The molecule has 2 fully saturated rings. The Labute approximate surface area is 146 Å². The van der Waals surface area contributed by atoms with Crippen LogP contribution in [-0.4, -0.2) is 57.1 Å². The lowest BCUT2D eigenvalue weighted by atomic mass is 9.98. The second-order valence-electron chi connectivity index (χ2n) is 7.12. The molecule has 0 aromatic heterocycles. The quantitative estimate of drug-likeness (QED) is 0.798. The van der Waals surface area contributed by atoms with Crippen molar-refractivity contribution in [2.45, 2.75) is 50.7 Å². The topological polar surface area (TPSA) is 30.9 Å². The van der Waals surface area contributed by atoms with Gasteiger partial charge >= 0.3 is 0 Å². The molecule has 0 N–H and O–H groups in total.